The van der Waals surface area contributed by atoms with Gasteiger partial charge in [0.1, 0.15) is 0 Å². The predicted molar refractivity (Wildman–Crippen MR) is 88.2 cm³/mol. The third-order valence-corrected chi connectivity index (χ3v) is 5.40. The predicted octanol–water partition coefficient (Wildman–Crippen LogP) is 4.15. The summed E-state index contributed by atoms with van der Waals surface area (Å²) >= 11 is 0. The van der Waals surface area contributed by atoms with Crippen molar-refractivity contribution < 1.29 is 0 Å². The van der Waals surface area contributed by atoms with Crippen LogP contribution in [0.4, 0.5) is 0 Å². The number of piperazine rings is 1. The minimum atomic E-state index is 0.802. The highest BCUT2D eigenvalue weighted by Gasteiger charge is 2.36. The molecule has 2 aliphatic rings. The summed E-state index contributed by atoms with van der Waals surface area (Å²) in [6.07, 6.45) is 11.4. The van der Waals surface area contributed by atoms with Gasteiger partial charge in [-0.25, -0.2) is 0 Å². The molecule has 2 rings (SSSR count). The standard InChI is InChI=1S/C18H36N2/c1-4-5-6-7-8-9-12-20-14-17-11-10-13-19(17)15-18(20)16(2)3/h16-18H,4-15H2,1-3H3. The molecule has 0 amide bonds. The smallest absolute Gasteiger partial charge is 0.0246 e. The van der Waals surface area contributed by atoms with E-state index in [1.165, 1.54) is 77.5 Å². The minimum absolute atomic E-state index is 0.802. The maximum atomic E-state index is 2.83. The summed E-state index contributed by atoms with van der Waals surface area (Å²) in [7, 11) is 0. The molecular formula is C18H36N2. The van der Waals surface area contributed by atoms with E-state index >= 15 is 0 Å². The second-order valence-electron chi connectivity index (χ2n) is 7.37. The van der Waals surface area contributed by atoms with Crippen LogP contribution in [0.15, 0.2) is 0 Å². The van der Waals surface area contributed by atoms with E-state index < -0.39 is 0 Å². The maximum absolute atomic E-state index is 2.83. The molecule has 2 saturated heterocycles. The van der Waals surface area contributed by atoms with Gasteiger partial charge in [-0.2, -0.15) is 0 Å². The van der Waals surface area contributed by atoms with Gasteiger partial charge in [-0.3, -0.25) is 9.80 Å². The summed E-state index contributed by atoms with van der Waals surface area (Å²) in [5.41, 5.74) is 0. The maximum Gasteiger partial charge on any atom is 0.0246 e. The van der Waals surface area contributed by atoms with Crippen LogP contribution in [-0.4, -0.2) is 48.1 Å². The molecule has 0 aliphatic carbocycles. The van der Waals surface area contributed by atoms with E-state index in [2.05, 4.69) is 30.6 Å². The average Bonchev–Trinajstić information content (AvgIpc) is 2.88. The van der Waals surface area contributed by atoms with Crippen LogP contribution in [0.2, 0.25) is 0 Å². The fourth-order valence-electron chi connectivity index (χ4n) is 4.09. The van der Waals surface area contributed by atoms with Crippen LogP contribution in [0.1, 0.15) is 72.1 Å². The number of nitrogens with zero attached hydrogens (tertiary/aromatic N) is 2. The van der Waals surface area contributed by atoms with E-state index in [-0.39, 0.29) is 0 Å². The van der Waals surface area contributed by atoms with Crippen molar-refractivity contribution in [1.29, 1.82) is 0 Å². The van der Waals surface area contributed by atoms with E-state index in [1.807, 2.05) is 0 Å². The fourth-order valence-corrected chi connectivity index (χ4v) is 4.09. The van der Waals surface area contributed by atoms with Crippen LogP contribution < -0.4 is 0 Å². The van der Waals surface area contributed by atoms with Gasteiger partial charge < -0.3 is 0 Å². The summed E-state index contributed by atoms with van der Waals surface area (Å²) in [5.74, 6) is 0.802. The van der Waals surface area contributed by atoms with Crippen molar-refractivity contribution in [3.05, 3.63) is 0 Å². The first-order valence-electron chi connectivity index (χ1n) is 9.20. The van der Waals surface area contributed by atoms with Crippen molar-refractivity contribution in [3.8, 4) is 0 Å². The highest BCUT2D eigenvalue weighted by Crippen LogP contribution is 2.27. The van der Waals surface area contributed by atoms with Crippen LogP contribution in [0.5, 0.6) is 0 Å². The third kappa shape index (κ3) is 4.46. The Morgan fingerprint density at radius 1 is 1.00 bits per heavy atom. The Bertz CT molecular complexity index is 264. The van der Waals surface area contributed by atoms with Crippen LogP contribution in [-0.2, 0) is 0 Å². The van der Waals surface area contributed by atoms with Gasteiger partial charge in [-0.05, 0) is 38.3 Å². The van der Waals surface area contributed by atoms with E-state index in [1.54, 1.807) is 0 Å². The molecular weight excluding hydrogens is 244 g/mol. The van der Waals surface area contributed by atoms with Gasteiger partial charge in [-0.15, -0.1) is 0 Å². The molecule has 2 heteroatoms. The third-order valence-electron chi connectivity index (χ3n) is 5.40. The van der Waals surface area contributed by atoms with Crippen LogP contribution in [0.25, 0.3) is 0 Å². The largest absolute Gasteiger partial charge is 0.298 e. The van der Waals surface area contributed by atoms with Crippen molar-refractivity contribution in [2.75, 3.05) is 26.2 Å². The van der Waals surface area contributed by atoms with Crippen molar-refractivity contribution in [1.82, 2.24) is 9.80 Å². The molecule has 0 N–H and O–H groups in total. The van der Waals surface area contributed by atoms with Gasteiger partial charge in [0.2, 0.25) is 0 Å². The molecule has 2 aliphatic heterocycles. The number of hydrogen-bond acceptors (Lipinski definition) is 2. The molecule has 20 heavy (non-hydrogen) atoms. The quantitative estimate of drug-likeness (QED) is 0.616. The SMILES string of the molecule is CCCCCCCCN1CC2CCCN2CC1C(C)C. The molecule has 0 spiro atoms. The summed E-state index contributed by atoms with van der Waals surface area (Å²) in [5, 5.41) is 0. The fraction of sp³-hybridized carbons (Fsp3) is 1.00. The number of unbranched alkanes of at least 4 members (excludes halogenated alkanes) is 5. The Morgan fingerprint density at radius 3 is 2.50 bits per heavy atom. The molecule has 118 valence electrons. The lowest BCUT2D eigenvalue weighted by atomic mass is 9.97. The molecule has 2 nitrogen and oxygen atoms in total. The normalized spacial score (nSPS) is 28.2. The zero-order valence-corrected chi connectivity index (χ0v) is 14.1. The molecule has 2 fully saturated rings. The molecule has 0 aromatic heterocycles. The molecule has 0 bridgehead atoms. The molecule has 2 atom stereocenters. The van der Waals surface area contributed by atoms with Crippen molar-refractivity contribution in [2.24, 2.45) is 5.92 Å². The molecule has 0 aromatic carbocycles. The molecule has 2 unspecified atom stereocenters. The number of hydrogen-bond donors (Lipinski definition) is 0. The molecule has 0 saturated carbocycles. The van der Waals surface area contributed by atoms with Gasteiger partial charge in [0.05, 0.1) is 0 Å². The average molecular weight is 280 g/mol. The van der Waals surface area contributed by atoms with Crippen molar-refractivity contribution >= 4 is 0 Å². The van der Waals surface area contributed by atoms with E-state index in [0.717, 1.165) is 18.0 Å². The number of rotatable bonds is 8. The van der Waals surface area contributed by atoms with Crippen molar-refractivity contribution in [2.45, 2.75) is 84.2 Å². The monoisotopic (exact) mass is 280 g/mol. The second-order valence-corrected chi connectivity index (χ2v) is 7.37. The minimum Gasteiger partial charge on any atom is -0.298 e. The summed E-state index contributed by atoms with van der Waals surface area (Å²) in [6, 6.07) is 1.69. The van der Waals surface area contributed by atoms with Gasteiger partial charge in [-0.1, -0.05) is 52.9 Å². The molecule has 0 aromatic rings. The van der Waals surface area contributed by atoms with Gasteiger partial charge >= 0.3 is 0 Å². The van der Waals surface area contributed by atoms with E-state index in [0.29, 0.717) is 0 Å². The van der Waals surface area contributed by atoms with Crippen LogP contribution in [0.3, 0.4) is 0 Å². The Balaban J connectivity index is 1.72. The highest BCUT2D eigenvalue weighted by molar-refractivity contribution is 4.93. The van der Waals surface area contributed by atoms with E-state index in [9.17, 15) is 0 Å². The zero-order chi connectivity index (χ0) is 14.4. The van der Waals surface area contributed by atoms with Gasteiger partial charge in [0.15, 0.2) is 0 Å². The van der Waals surface area contributed by atoms with E-state index in [4.69, 9.17) is 0 Å². The lowest BCUT2D eigenvalue weighted by molar-refractivity contribution is 0.0283. The van der Waals surface area contributed by atoms with Gasteiger partial charge in [0, 0.05) is 25.2 Å². The Morgan fingerprint density at radius 2 is 1.75 bits per heavy atom. The summed E-state index contributed by atoms with van der Waals surface area (Å²) in [6.45, 7) is 12.5. The first-order valence-corrected chi connectivity index (χ1v) is 9.20. The first-order chi connectivity index (χ1) is 9.72. The highest BCUT2D eigenvalue weighted by atomic mass is 15.3. The summed E-state index contributed by atoms with van der Waals surface area (Å²) in [4.78, 5) is 5.60. The van der Waals surface area contributed by atoms with Gasteiger partial charge in [0.25, 0.3) is 0 Å². The number of fused-ring (bicyclic) bond motifs is 1. The van der Waals surface area contributed by atoms with Crippen molar-refractivity contribution in [3.63, 3.8) is 0 Å². The molecule has 2 heterocycles. The Kier molecular flexibility index (Phi) is 6.83. The second kappa shape index (κ2) is 8.38. The first kappa shape index (κ1) is 16.3. The topological polar surface area (TPSA) is 6.48 Å². The lowest BCUT2D eigenvalue weighted by Crippen LogP contribution is -2.57. The lowest BCUT2D eigenvalue weighted by Gasteiger charge is -2.45. The molecule has 0 radical (unpaired) electrons. The Labute approximate surface area is 126 Å². The summed E-state index contributed by atoms with van der Waals surface area (Å²) < 4.78 is 0. The van der Waals surface area contributed by atoms with Crippen LogP contribution >= 0.6 is 0 Å². The zero-order valence-electron chi connectivity index (χ0n) is 14.1. The Hall–Kier alpha value is -0.0800. The van der Waals surface area contributed by atoms with Crippen LogP contribution in [0, 0.1) is 5.92 Å².